The maximum Gasteiger partial charge on any atom is 0.261 e. The number of unbranched alkanes of at least 4 members (excludes halogenated alkanes) is 1. The fraction of sp³-hybridized carbons (Fsp3) is 0.211. The lowest BCUT2D eigenvalue weighted by Crippen LogP contribution is -2.16. The van der Waals surface area contributed by atoms with E-state index in [0.717, 1.165) is 24.8 Å². The van der Waals surface area contributed by atoms with Gasteiger partial charge in [-0.15, -0.1) is 0 Å². The number of aryl methyl sites for hydroxylation is 1. The van der Waals surface area contributed by atoms with Crippen molar-refractivity contribution in [3.63, 3.8) is 0 Å². The number of aromatic amines is 1. The van der Waals surface area contributed by atoms with E-state index in [1.54, 1.807) is 12.1 Å². The molecule has 1 aromatic heterocycles. The van der Waals surface area contributed by atoms with Crippen molar-refractivity contribution in [1.29, 1.82) is 0 Å². The fourth-order valence-corrected chi connectivity index (χ4v) is 3.69. The van der Waals surface area contributed by atoms with E-state index in [-0.39, 0.29) is 16.4 Å². The first kappa shape index (κ1) is 19.6. The first-order valence-electron chi connectivity index (χ1n) is 8.86. The van der Waals surface area contributed by atoms with Crippen molar-refractivity contribution in [1.82, 2.24) is 15.2 Å². The van der Waals surface area contributed by atoms with E-state index in [1.165, 1.54) is 30.6 Å². The third-order valence-corrected chi connectivity index (χ3v) is 5.46. The molecule has 28 heavy (non-hydrogen) atoms. The molecule has 2 aromatic carbocycles. The van der Waals surface area contributed by atoms with Gasteiger partial charge in [0.15, 0.2) is 0 Å². The fourth-order valence-electron chi connectivity index (χ4n) is 2.58. The molecule has 3 rings (SSSR count). The molecule has 1 heterocycles. The third kappa shape index (κ3) is 4.95. The van der Waals surface area contributed by atoms with Gasteiger partial charge in [-0.05, 0) is 48.7 Å². The van der Waals surface area contributed by atoms with E-state index in [1.807, 2.05) is 12.1 Å². The summed E-state index contributed by atoms with van der Waals surface area (Å²) in [7, 11) is -3.83. The number of rotatable bonds is 8. The molecule has 0 spiro atoms. The number of sulfonamides is 1. The van der Waals surface area contributed by atoms with Gasteiger partial charge in [-0.25, -0.2) is 13.5 Å². The van der Waals surface area contributed by atoms with Crippen LogP contribution >= 0.6 is 0 Å². The second-order valence-electron chi connectivity index (χ2n) is 6.22. The molecule has 3 N–H and O–H groups in total. The number of benzene rings is 2. The minimum atomic E-state index is -3.83. The Morgan fingerprint density at radius 1 is 1.14 bits per heavy atom. The van der Waals surface area contributed by atoms with Crippen molar-refractivity contribution in [3.05, 3.63) is 66.0 Å². The Morgan fingerprint density at radius 3 is 2.61 bits per heavy atom. The largest absolute Gasteiger partial charge is 0.291 e. The smallest absolute Gasteiger partial charge is 0.261 e. The number of carbonyl (C=O) groups is 1. The van der Waals surface area contributed by atoms with Crippen LogP contribution in [-0.4, -0.2) is 29.5 Å². The van der Waals surface area contributed by atoms with Gasteiger partial charge in [0.1, 0.15) is 6.33 Å². The third-order valence-electron chi connectivity index (χ3n) is 4.08. The van der Waals surface area contributed by atoms with Gasteiger partial charge in [0.25, 0.3) is 15.9 Å². The van der Waals surface area contributed by atoms with Crippen LogP contribution in [-0.2, 0) is 16.4 Å². The Bertz CT molecular complexity index is 1030. The summed E-state index contributed by atoms with van der Waals surface area (Å²) < 4.78 is 27.9. The summed E-state index contributed by atoms with van der Waals surface area (Å²) in [6.45, 7) is 2.13. The quantitative estimate of drug-likeness (QED) is 0.538. The van der Waals surface area contributed by atoms with E-state index in [4.69, 9.17) is 0 Å². The zero-order chi connectivity index (χ0) is 20.0. The normalized spacial score (nSPS) is 11.2. The predicted octanol–water partition coefficient (Wildman–Crippen LogP) is 3.20. The van der Waals surface area contributed by atoms with Crippen LogP contribution in [0.25, 0.3) is 0 Å². The standard InChI is InChI=1S/C19H21N5O3S/c1-2-3-5-14-8-10-16(11-9-14)24-28(26,27)17-7-4-6-15(12-17)18(25)22-19-20-13-21-23-19/h4,6-13,24H,2-3,5H2,1H3,(H2,20,21,22,23,25). The number of hydrogen-bond acceptors (Lipinski definition) is 5. The summed E-state index contributed by atoms with van der Waals surface area (Å²) in [5.74, 6) is -0.311. The van der Waals surface area contributed by atoms with Crippen LogP contribution in [0.15, 0.2) is 59.8 Å². The zero-order valence-corrected chi connectivity index (χ0v) is 16.2. The molecule has 3 aromatic rings. The number of aromatic nitrogens is 3. The molecule has 0 aliphatic heterocycles. The molecule has 0 aliphatic rings. The van der Waals surface area contributed by atoms with E-state index < -0.39 is 15.9 Å². The van der Waals surface area contributed by atoms with Crippen LogP contribution in [0.3, 0.4) is 0 Å². The minimum Gasteiger partial charge on any atom is -0.291 e. The van der Waals surface area contributed by atoms with Crippen LogP contribution in [0.5, 0.6) is 0 Å². The van der Waals surface area contributed by atoms with Gasteiger partial charge < -0.3 is 0 Å². The van der Waals surface area contributed by atoms with Crippen LogP contribution in [0.2, 0.25) is 0 Å². The second kappa shape index (κ2) is 8.66. The monoisotopic (exact) mass is 399 g/mol. The highest BCUT2D eigenvalue weighted by molar-refractivity contribution is 7.92. The molecule has 0 atom stereocenters. The van der Waals surface area contributed by atoms with Crippen molar-refractivity contribution < 1.29 is 13.2 Å². The molecule has 146 valence electrons. The Kier molecular flexibility index (Phi) is 6.05. The van der Waals surface area contributed by atoms with E-state index in [0.29, 0.717) is 5.69 Å². The van der Waals surface area contributed by atoms with Gasteiger partial charge in [-0.2, -0.15) is 10.1 Å². The topological polar surface area (TPSA) is 117 Å². The SMILES string of the molecule is CCCCc1ccc(NS(=O)(=O)c2cccc(C(=O)Nc3ncn[nH]3)c2)cc1. The number of nitrogens with zero attached hydrogens (tertiary/aromatic N) is 2. The Hall–Kier alpha value is -3.20. The van der Waals surface area contributed by atoms with Gasteiger partial charge >= 0.3 is 0 Å². The van der Waals surface area contributed by atoms with Gasteiger partial charge in [-0.1, -0.05) is 31.5 Å². The molecule has 9 heteroatoms. The van der Waals surface area contributed by atoms with Crippen molar-refractivity contribution in [3.8, 4) is 0 Å². The number of anilines is 2. The van der Waals surface area contributed by atoms with Crippen LogP contribution < -0.4 is 10.0 Å². The van der Waals surface area contributed by atoms with E-state index in [2.05, 4.69) is 32.1 Å². The van der Waals surface area contributed by atoms with Crippen molar-refractivity contribution in [2.24, 2.45) is 0 Å². The molecule has 0 saturated heterocycles. The average Bonchev–Trinajstić information content (AvgIpc) is 3.20. The number of H-pyrrole nitrogens is 1. The van der Waals surface area contributed by atoms with Gasteiger partial charge in [-0.3, -0.25) is 14.8 Å². The lowest BCUT2D eigenvalue weighted by Gasteiger charge is -2.10. The Balaban J connectivity index is 1.73. The molecule has 1 amide bonds. The van der Waals surface area contributed by atoms with Gasteiger partial charge in [0, 0.05) is 11.3 Å². The first-order chi connectivity index (χ1) is 13.5. The molecular formula is C19H21N5O3S. The summed E-state index contributed by atoms with van der Waals surface area (Å²) in [6, 6.07) is 13.1. The highest BCUT2D eigenvalue weighted by Crippen LogP contribution is 2.19. The average molecular weight is 399 g/mol. The lowest BCUT2D eigenvalue weighted by atomic mass is 10.1. The van der Waals surface area contributed by atoms with Crippen LogP contribution in [0, 0.1) is 0 Å². The molecular weight excluding hydrogens is 378 g/mol. The highest BCUT2D eigenvalue weighted by Gasteiger charge is 2.17. The van der Waals surface area contributed by atoms with Crippen LogP contribution in [0.1, 0.15) is 35.7 Å². The van der Waals surface area contributed by atoms with E-state index in [9.17, 15) is 13.2 Å². The highest BCUT2D eigenvalue weighted by atomic mass is 32.2. The molecule has 8 nitrogen and oxygen atoms in total. The van der Waals surface area contributed by atoms with Gasteiger partial charge in [0.05, 0.1) is 4.90 Å². The predicted molar refractivity (Wildman–Crippen MR) is 107 cm³/mol. The maximum atomic E-state index is 12.7. The van der Waals surface area contributed by atoms with Crippen molar-refractivity contribution >= 4 is 27.6 Å². The van der Waals surface area contributed by atoms with Gasteiger partial charge in [0.2, 0.25) is 5.95 Å². The molecule has 0 unspecified atom stereocenters. The summed E-state index contributed by atoms with van der Waals surface area (Å²) in [5, 5.41) is 8.65. The van der Waals surface area contributed by atoms with Crippen molar-refractivity contribution in [2.45, 2.75) is 31.1 Å². The molecule has 0 fully saturated rings. The number of nitrogens with one attached hydrogen (secondary N) is 3. The number of hydrogen-bond donors (Lipinski definition) is 3. The number of carbonyl (C=O) groups excluding carboxylic acids is 1. The van der Waals surface area contributed by atoms with E-state index >= 15 is 0 Å². The molecule has 0 bridgehead atoms. The summed E-state index contributed by atoms with van der Waals surface area (Å²) in [5.41, 5.74) is 1.82. The summed E-state index contributed by atoms with van der Waals surface area (Å²) in [4.78, 5) is 16.1. The lowest BCUT2D eigenvalue weighted by molar-refractivity contribution is 0.102. The Morgan fingerprint density at radius 2 is 1.93 bits per heavy atom. The minimum absolute atomic E-state index is 0.00669. The number of amides is 1. The summed E-state index contributed by atoms with van der Waals surface area (Å²) in [6.07, 6.45) is 4.42. The molecule has 0 aliphatic carbocycles. The maximum absolute atomic E-state index is 12.7. The molecule has 0 saturated carbocycles. The summed E-state index contributed by atoms with van der Waals surface area (Å²) >= 11 is 0. The molecule has 0 radical (unpaired) electrons. The van der Waals surface area contributed by atoms with Crippen LogP contribution in [0.4, 0.5) is 11.6 Å². The van der Waals surface area contributed by atoms with Crippen molar-refractivity contribution in [2.75, 3.05) is 10.0 Å². The Labute approximate surface area is 163 Å². The second-order valence-corrected chi connectivity index (χ2v) is 7.90. The zero-order valence-electron chi connectivity index (χ0n) is 15.3. The first-order valence-corrected chi connectivity index (χ1v) is 10.3.